The molecule has 1 aromatic rings. The van der Waals surface area contributed by atoms with Crippen LogP contribution in [0.5, 0.6) is 5.75 Å². The van der Waals surface area contributed by atoms with Crippen molar-refractivity contribution in [1.82, 2.24) is 0 Å². The minimum Gasteiger partial charge on any atom is -0.481 e. The van der Waals surface area contributed by atoms with Crippen LogP contribution in [-0.4, -0.2) is 17.4 Å². The number of aliphatic carboxylic acids is 1. The number of hydrogen-bond acceptors (Lipinski definition) is 3. The van der Waals surface area contributed by atoms with Crippen LogP contribution in [0.1, 0.15) is 18.0 Å². The van der Waals surface area contributed by atoms with Crippen molar-refractivity contribution in [3.63, 3.8) is 0 Å². The van der Waals surface area contributed by atoms with Crippen LogP contribution in [0.4, 0.5) is 17.6 Å². The van der Waals surface area contributed by atoms with Gasteiger partial charge in [-0.2, -0.15) is 0 Å². The van der Waals surface area contributed by atoms with Gasteiger partial charge in [0.05, 0.1) is 6.42 Å². The van der Waals surface area contributed by atoms with Crippen molar-refractivity contribution in [2.24, 2.45) is 5.73 Å². The summed E-state index contributed by atoms with van der Waals surface area (Å²) in [5, 5.41) is 8.48. The van der Waals surface area contributed by atoms with E-state index in [1.807, 2.05) is 0 Å². The molecular formula is C10H9F4NO3. The summed E-state index contributed by atoms with van der Waals surface area (Å²) in [6.45, 7) is 0. The van der Waals surface area contributed by atoms with Gasteiger partial charge >= 0.3 is 12.3 Å². The molecule has 8 heteroatoms. The maximum atomic E-state index is 13.3. The fraction of sp³-hybridized carbons (Fsp3) is 0.300. The van der Waals surface area contributed by atoms with E-state index in [9.17, 15) is 22.4 Å². The average molecular weight is 267 g/mol. The molecule has 0 bridgehead atoms. The number of carbonyl (C=O) groups is 1. The van der Waals surface area contributed by atoms with Crippen LogP contribution in [0, 0.1) is 5.82 Å². The fourth-order valence-corrected chi connectivity index (χ4v) is 1.30. The van der Waals surface area contributed by atoms with Gasteiger partial charge in [-0.25, -0.2) is 4.39 Å². The summed E-state index contributed by atoms with van der Waals surface area (Å²) in [4.78, 5) is 10.4. The van der Waals surface area contributed by atoms with Gasteiger partial charge in [0.15, 0.2) is 0 Å². The Morgan fingerprint density at radius 3 is 2.56 bits per heavy atom. The minimum absolute atomic E-state index is 0.348. The van der Waals surface area contributed by atoms with Crippen LogP contribution in [0.2, 0.25) is 0 Å². The number of benzene rings is 1. The molecule has 0 spiro atoms. The summed E-state index contributed by atoms with van der Waals surface area (Å²) in [5.74, 6) is -2.83. The van der Waals surface area contributed by atoms with E-state index in [1.165, 1.54) is 0 Å². The van der Waals surface area contributed by atoms with Crippen LogP contribution in [0.3, 0.4) is 0 Å². The van der Waals surface area contributed by atoms with E-state index in [0.717, 1.165) is 18.2 Å². The topological polar surface area (TPSA) is 72.6 Å². The van der Waals surface area contributed by atoms with Gasteiger partial charge in [-0.05, 0) is 18.2 Å². The van der Waals surface area contributed by atoms with Crippen LogP contribution in [-0.2, 0) is 4.79 Å². The highest BCUT2D eigenvalue weighted by atomic mass is 19.4. The van der Waals surface area contributed by atoms with Crippen molar-refractivity contribution in [2.45, 2.75) is 18.8 Å². The molecule has 0 aromatic heterocycles. The third kappa shape index (κ3) is 4.21. The van der Waals surface area contributed by atoms with Crippen LogP contribution < -0.4 is 10.5 Å². The minimum atomic E-state index is -4.91. The first-order valence-electron chi connectivity index (χ1n) is 4.71. The van der Waals surface area contributed by atoms with Crippen LogP contribution in [0.25, 0.3) is 0 Å². The van der Waals surface area contributed by atoms with Crippen molar-refractivity contribution < 1.29 is 32.2 Å². The van der Waals surface area contributed by atoms with Gasteiger partial charge in [0.1, 0.15) is 11.6 Å². The lowest BCUT2D eigenvalue weighted by Gasteiger charge is -2.14. The Kier molecular flexibility index (Phi) is 4.12. The first kappa shape index (κ1) is 14.2. The lowest BCUT2D eigenvalue weighted by atomic mass is 10.0. The van der Waals surface area contributed by atoms with E-state index in [4.69, 9.17) is 10.8 Å². The number of hydrogen-bond donors (Lipinski definition) is 2. The molecular weight excluding hydrogens is 258 g/mol. The fourth-order valence-electron chi connectivity index (χ4n) is 1.30. The molecule has 0 unspecified atom stereocenters. The van der Waals surface area contributed by atoms with Gasteiger partial charge < -0.3 is 15.6 Å². The summed E-state index contributed by atoms with van der Waals surface area (Å²) in [7, 11) is 0. The van der Waals surface area contributed by atoms with Gasteiger partial charge in [-0.3, -0.25) is 4.79 Å². The summed E-state index contributed by atoms with van der Waals surface area (Å²) in [6.07, 6.45) is -5.52. The van der Waals surface area contributed by atoms with Crippen molar-refractivity contribution in [2.75, 3.05) is 0 Å². The van der Waals surface area contributed by atoms with E-state index >= 15 is 0 Å². The highest BCUT2D eigenvalue weighted by Crippen LogP contribution is 2.27. The quantitative estimate of drug-likeness (QED) is 0.820. The highest BCUT2D eigenvalue weighted by molar-refractivity contribution is 5.68. The Morgan fingerprint density at radius 1 is 1.44 bits per heavy atom. The average Bonchev–Trinajstić information content (AvgIpc) is 2.17. The van der Waals surface area contributed by atoms with Crippen molar-refractivity contribution in [3.8, 4) is 5.75 Å². The SMILES string of the molecule is N[C@H](CC(=O)O)c1cc(OC(F)(F)F)ccc1F. The molecule has 0 radical (unpaired) electrons. The van der Waals surface area contributed by atoms with Crippen molar-refractivity contribution >= 4 is 5.97 Å². The lowest BCUT2D eigenvalue weighted by Crippen LogP contribution is -2.19. The number of halogens is 4. The van der Waals surface area contributed by atoms with Crippen LogP contribution in [0.15, 0.2) is 18.2 Å². The maximum Gasteiger partial charge on any atom is 0.573 e. The summed E-state index contributed by atoms with van der Waals surface area (Å²) < 4.78 is 52.7. The molecule has 0 amide bonds. The van der Waals surface area contributed by atoms with Gasteiger partial charge in [-0.1, -0.05) is 0 Å². The third-order valence-electron chi connectivity index (χ3n) is 2.00. The predicted molar refractivity (Wildman–Crippen MR) is 52.3 cm³/mol. The number of rotatable bonds is 4. The monoisotopic (exact) mass is 267 g/mol. The second-order valence-corrected chi connectivity index (χ2v) is 3.44. The summed E-state index contributed by atoms with van der Waals surface area (Å²) >= 11 is 0. The first-order valence-corrected chi connectivity index (χ1v) is 4.71. The van der Waals surface area contributed by atoms with E-state index in [1.54, 1.807) is 0 Å². The first-order chi connectivity index (χ1) is 8.19. The second kappa shape index (κ2) is 5.21. The number of ether oxygens (including phenoxy) is 1. The molecule has 4 nitrogen and oxygen atoms in total. The van der Waals surface area contributed by atoms with Gasteiger partial charge in [-0.15, -0.1) is 13.2 Å². The van der Waals surface area contributed by atoms with Gasteiger partial charge in [0, 0.05) is 11.6 Å². The number of alkyl halides is 3. The zero-order valence-electron chi connectivity index (χ0n) is 8.87. The molecule has 1 atom stereocenters. The molecule has 0 saturated carbocycles. The maximum absolute atomic E-state index is 13.3. The summed E-state index contributed by atoms with van der Waals surface area (Å²) in [6, 6.07) is 0.994. The molecule has 100 valence electrons. The molecule has 0 aliphatic carbocycles. The molecule has 3 N–H and O–H groups in total. The zero-order valence-corrected chi connectivity index (χ0v) is 8.87. The highest BCUT2D eigenvalue weighted by Gasteiger charge is 2.31. The normalized spacial score (nSPS) is 13.2. The largest absolute Gasteiger partial charge is 0.573 e. The van der Waals surface area contributed by atoms with E-state index in [0.29, 0.717) is 0 Å². The summed E-state index contributed by atoms with van der Waals surface area (Å²) in [5.41, 5.74) is 5.02. The Labute approximate surface area is 99.0 Å². The standard InChI is InChI=1S/C10H9F4NO3/c11-7-2-1-5(18-10(12,13)14)3-6(7)8(15)4-9(16)17/h1-3,8H,4,15H2,(H,16,17)/t8-/m1/s1. The Hall–Kier alpha value is -1.83. The second-order valence-electron chi connectivity index (χ2n) is 3.44. The van der Waals surface area contributed by atoms with Gasteiger partial charge in [0.25, 0.3) is 0 Å². The Balaban J connectivity index is 2.97. The van der Waals surface area contributed by atoms with Crippen molar-refractivity contribution in [1.29, 1.82) is 0 Å². The smallest absolute Gasteiger partial charge is 0.481 e. The third-order valence-corrected chi connectivity index (χ3v) is 2.00. The number of carboxylic acid groups (broad SMARTS) is 1. The molecule has 0 heterocycles. The molecule has 0 fully saturated rings. The van der Waals surface area contributed by atoms with E-state index in [-0.39, 0.29) is 5.56 Å². The zero-order chi connectivity index (χ0) is 13.9. The molecule has 1 rings (SSSR count). The molecule has 1 aromatic carbocycles. The number of nitrogens with two attached hydrogens (primary N) is 1. The van der Waals surface area contributed by atoms with Crippen molar-refractivity contribution in [3.05, 3.63) is 29.6 Å². The molecule has 18 heavy (non-hydrogen) atoms. The molecule has 0 saturated heterocycles. The van der Waals surface area contributed by atoms with Gasteiger partial charge in [0.2, 0.25) is 0 Å². The Morgan fingerprint density at radius 2 is 2.06 bits per heavy atom. The number of carboxylic acids is 1. The molecule has 0 aliphatic rings. The molecule has 0 aliphatic heterocycles. The Bertz CT molecular complexity index is 447. The predicted octanol–water partition coefficient (Wildman–Crippen LogP) is 2.20. The van der Waals surface area contributed by atoms with E-state index < -0.39 is 36.4 Å². The lowest BCUT2D eigenvalue weighted by molar-refractivity contribution is -0.274. The van der Waals surface area contributed by atoms with Crippen LogP contribution >= 0.6 is 0 Å². The van der Waals surface area contributed by atoms with E-state index in [2.05, 4.69) is 4.74 Å².